The second-order valence-corrected chi connectivity index (χ2v) is 4.48. The van der Waals surface area contributed by atoms with Gasteiger partial charge >= 0.3 is 5.69 Å². The van der Waals surface area contributed by atoms with Crippen molar-refractivity contribution in [2.24, 2.45) is 0 Å². The van der Waals surface area contributed by atoms with Crippen molar-refractivity contribution < 1.29 is 18.8 Å². The summed E-state index contributed by atoms with van der Waals surface area (Å²) >= 11 is 0. The number of benzene rings is 1. The van der Waals surface area contributed by atoms with Crippen LogP contribution in [0.4, 0.5) is 15.8 Å². The number of carbonyl (C=O) groups excluding carboxylic acids is 1. The number of hydrogen-bond donors (Lipinski definition) is 1. The molecule has 0 aliphatic rings. The van der Waals surface area contributed by atoms with Gasteiger partial charge in [-0.2, -0.15) is 0 Å². The second kappa shape index (κ2) is 6.87. The van der Waals surface area contributed by atoms with Gasteiger partial charge in [-0.1, -0.05) is 0 Å². The van der Waals surface area contributed by atoms with Gasteiger partial charge in [0.25, 0.3) is 0 Å². The number of likely N-dealkylation sites (N-methyl/N-ethyl adjacent to an activating group) is 1. The molecule has 0 spiro atoms. The third kappa shape index (κ3) is 3.80. The lowest BCUT2D eigenvalue weighted by Gasteiger charge is -2.21. The summed E-state index contributed by atoms with van der Waals surface area (Å²) in [5, 5.41) is 13.5. The fraction of sp³-hybridized carbons (Fsp3) is 0.462. The maximum absolute atomic E-state index is 13.9. The van der Waals surface area contributed by atoms with Crippen molar-refractivity contribution >= 4 is 17.3 Å². The van der Waals surface area contributed by atoms with Gasteiger partial charge in [0.05, 0.1) is 23.8 Å². The highest BCUT2D eigenvalue weighted by atomic mass is 19.1. The van der Waals surface area contributed by atoms with Crippen LogP contribution in [0.1, 0.15) is 13.8 Å². The molecule has 8 heteroatoms. The van der Waals surface area contributed by atoms with Crippen LogP contribution in [0.2, 0.25) is 0 Å². The highest BCUT2D eigenvalue weighted by Crippen LogP contribution is 2.32. The van der Waals surface area contributed by atoms with E-state index in [0.29, 0.717) is 6.54 Å². The number of methoxy groups -OCH3 is 1. The van der Waals surface area contributed by atoms with E-state index in [0.717, 1.165) is 6.07 Å². The molecule has 1 aromatic carbocycles. The maximum atomic E-state index is 13.9. The van der Waals surface area contributed by atoms with Crippen LogP contribution in [0.5, 0.6) is 5.75 Å². The Morgan fingerprint density at radius 3 is 2.67 bits per heavy atom. The van der Waals surface area contributed by atoms with E-state index in [4.69, 9.17) is 4.74 Å². The highest BCUT2D eigenvalue weighted by Gasteiger charge is 2.22. The van der Waals surface area contributed by atoms with Gasteiger partial charge in [-0.3, -0.25) is 14.9 Å². The number of nitrogens with one attached hydrogen (secondary N) is 1. The SMILES string of the molecule is CCN(C)C(=O)C(C)Nc1cc(OC)c([N+](=O)[O-])cc1F. The predicted molar refractivity (Wildman–Crippen MR) is 76.0 cm³/mol. The fourth-order valence-electron chi connectivity index (χ4n) is 1.74. The molecule has 0 aliphatic heterocycles. The van der Waals surface area contributed by atoms with Gasteiger partial charge in [-0.25, -0.2) is 4.39 Å². The van der Waals surface area contributed by atoms with Crippen LogP contribution >= 0.6 is 0 Å². The molecule has 0 bridgehead atoms. The summed E-state index contributed by atoms with van der Waals surface area (Å²) < 4.78 is 18.8. The number of nitro groups is 1. The van der Waals surface area contributed by atoms with Crippen LogP contribution in [0.25, 0.3) is 0 Å². The number of carbonyl (C=O) groups is 1. The summed E-state index contributed by atoms with van der Waals surface area (Å²) in [7, 11) is 2.89. The first kappa shape index (κ1) is 16.7. The largest absolute Gasteiger partial charge is 0.490 e. The number of amides is 1. The van der Waals surface area contributed by atoms with Crippen LogP contribution in [0.15, 0.2) is 12.1 Å². The summed E-state index contributed by atoms with van der Waals surface area (Å²) in [6.07, 6.45) is 0. The zero-order chi connectivity index (χ0) is 16.2. The normalized spacial score (nSPS) is 11.7. The molecule has 1 N–H and O–H groups in total. The number of nitrogens with zero attached hydrogens (tertiary/aromatic N) is 2. The number of rotatable bonds is 6. The van der Waals surface area contributed by atoms with Crippen molar-refractivity contribution in [2.45, 2.75) is 19.9 Å². The molecule has 1 aromatic rings. The number of anilines is 1. The van der Waals surface area contributed by atoms with Gasteiger partial charge in [0.1, 0.15) is 6.04 Å². The average molecular weight is 299 g/mol. The fourth-order valence-corrected chi connectivity index (χ4v) is 1.74. The molecule has 1 rings (SSSR count). The van der Waals surface area contributed by atoms with Crippen LogP contribution in [0.3, 0.4) is 0 Å². The molecule has 0 radical (unpaired) electrons. The van der Waals surface area contributed by atoms with E-state index in [2.05, 4.69) is 5.32 Å². The lowest BCUT2D eigenvalue weighted by atomic mass is 10.2. The van der Waals surface area contributed by atoms with Crippen LogP contribution in [-0.4, -0.2) is 42.5 Å². The molecular formula is C13H18FN3O4. The van der Waals surface area contributed by atoms with Crippen LogP contribution in [0, 0.1) is 15.9 Å². The Morgan fingerprint density at radius 2 is 2.19 bits per heavy atom. The van der Waals surface area contributed by atoms with Crippen molar-refractivity contribution in [3.8, 4) is 5.75 Å². The summed E-state index contributed by atoms with van der Waals surface area (Å²) in [6, 6.07) is 1.26. The van der Waals surface area contributed by atoms with Gasteiger partial charge in [0, 0.05) is 19.7 Å². The highest BCUT2D eigenvalue weighted by molar-refractivity contribution is 5.84. The molecule has 116 valence electrons. The molecule has 0 saturated heterocycles. The average Bonchev–Trinajstić information content (AvgIpc) is 2.46. The second-order valence-electron chi connectivity index (χ2n) is 4.48. The molecule has 21 heavy (non-hydrogen) atoms. The monoisotopic (exact) mass is 299 g/mol. The number of ether oxygens (including phenoxy) is 1. The number of hydrogen-bond acceptors (Lipinski definition) is 5. The van der Waals surface area contributed by atoms with E-state index in [-0.39, 0.29) is 17.3 Å². The smallest absolute Gasteiger partial charge is 0.313 e. The summed E-state index contributed by atoms with van der Waals surface area (Å²) in [4.78, 5) is 23.5. The molecule has 1 amide bonds. The van der Waals surface area contributed by atoms with E-state index in [1.54, 1.807) is 14.0 Å². The molecule has 0 fully saturated rings. The molecule has 0 aromatic heterocycles. The third-order valence-corrected chi connectivity index (χ3v) is 3.06. The first-order chi connectivity index (χ1) is 9.81. The van der Waals surface area contributed by atoms with Crippen LogP contribution < -0.4 is 10.1 Å². The zero-order valence-electron chi connectivity index (χ0n) is 12.3. The van der Waals surface area contributed by atoms with Crippen molar-refractivity contribution in [3.05, 3.63) is 28.1 Å². The Balaban J connectivity index is 3.04. The molecular weight excluding hydrogens is 281 g/mol. The summed E-state index contributed by atoms with van der Waals surface area (Å²) in [5.74, 6) is -1.11. The predicted octanol–water partition coefficient (Wildman–Crippen LogP) is 2.02. The maximum Gasteiger partial charge on any atom is 0.313 e. The van der Waals surface area contributed by atoms with E-state index in [1.807, 2.05) is 6.92 Å². The topological polar surface area (TPSA) is 84.7 Å². The molecule has 0 aliphatic carbocycles. The Hall–Kier alpha value is -2.38. The van der Waals surface area contributed by atoms with Gasteiger partial charge in [-0.15, -0.1) is 0 Å². The minimum atomic E-state index is -0.818. The summed E-state index contributed by atoms with van der Waals surface area (Å²) in [6.45, 7) is 3.93. The molecule has 1 unspecified atom stereocenters. The Morgan fingerprint density at radius 1 is 1.57 bits per heavy atom. The Labute approximate surface area is 121 Å². The van der Waals surface area contributed by atoms with Crippen molar-refractivity contribution in [3.63, 3.8) is 0 Å². The third-order valence-electron chi connectivity index (χ3n) is 3.06. The molecule has 0 saturated carbocycles. The standard InChI is InChI=1S/C13H18FN3O4/c1-5-16(3)13(18)8(2)15-10-7-12(21-4)11(17(19)20)6-9(10)14/h6-8,15H,5H2,1-4H3. The van der Waals surface area contributed by atoms with Gasteiger partial charge in [0.2, 0.25) is 5.91 Å². The molecule has 0 heterocycles. The minimum Gasteiger partial charge on any atom is -0.490 e. The van der Waals surface area contributed by atoms with Gasteiger partial charge < -0.3 is 15.0 Å². The molecule has 7 nitrogen and oxygen atoms in total. The number of halogens is 1. The van der Waals surface area contributed by atoms with E-state index in [9.17, 15) is 19.3 Å². The lowest BCUT2D eigenvalue weighted by molar-refractivity contribution is -0.385. The van der Waals surface area contributed by atoms with Crippen LogP contribution in [-0.2, 0) is 4.79 Å². The Bertz CT molecular complexity index is 550. The lowest BCUT2D eigenvalue weighted by Crippen LogP contribution is -2.39. The first-order valence-corrected chi connectivity index (χ1v) is 6.35. The van der Waals surface area contributed by atoms with Gasteiger partial charge in [0.15, 0.2) is 11.6 Å². The molecule has 1 atom stereocenters. The van der Waals surface area contributed by atoms with E-state index < -0.39 is 22.5 Å². The number of nitro benzene ring substituents is 1. The Kier molecular flexibility index (Phi) is 5.45. The minimum absolute atomic E-state index is 0.0252. The quantitative estimate of drug-likeness (QED) is 0.641. The van der Waals surface area contributed by atoms with Gasteiger partial charge in [-0.05, 0) is 13.8 Å². The van der Waals surface area contributed by atoms with Crippen molar-refractivity contribution in [1.29, 1.82) is 0 Å². The summed E-state index contributed by atoms with van der Waals surface area (Å²) in [5.41, 5.74) is -0.493. The van der Waals surface area contributed by atoms with E-state index >= 15 is 0 Å². The van der Waals surface area contributed by atoms with Crippen molar-refractivity contribution in [1.82, 2.24) is 4.90 Å². The first-order valence-electron chi connectivity index (χ1n) is 6.35. The van der Waals surface area contributed by atoms with E-state index in [1.165, 1.54) is 18.1 Å². The van der Waals surface area contributed by atoms with Crippen molar-refractivity contribution in [2.75, 3.05) is 26.0 Å². The zero-order valence-corrected chi connectivity index (χ0v) is 12.3.